The van der Waals surface area contributed by atoms with Gasteiger partial charge < -0.3 is 31.9 Å². The molecule has 0 saturated carbocycles. The lowest BCUT2D eigenvalue weighted by Gasteiger charge is -2.18. The van der Waals surface area contributed by atoms with E-state index >= 15 is 0 Å². The van der Waals surface area contributed by atoms with Crippen molar-refractivity contribution in [2.75, 3.05) is 55.8 Å². The largest absolute Gasteiger partial charge is 0.383 e. The zero-order valence-corrected chi connectivity index (χ0v) is 25.4. The van der Waals surface area contributed by atoms with E-state index < -0.39 is 12.3 Å². The first-order chi connectivity index (χ1) is 21.9. The van der Waals surface area contributed by atoms with Crippen LogP contribution in [0.5, 0.6) is 0 Å². The summed E-state index contributed by atoms with van der Waals surface area (Å²) >= 11 is 0. The average Bonchev–Trinajstić information content (AvgIpc) is 3.67. The number of carbonyl (C=O) groups is 1. The monoisotopic (exact) mass is 631 g/mol. The first-order valence-corrected chi connectivity index (χ1v) is 14.1. The van der Waals surface area contributed by atoms with E-state index in [1.54, 1.807) is 46.3 Å². The third-order valence-electron chi connectivity index (χ3n) is 6.62. The molecule has 0 aliphatic carbocycles. The number of nitrogen functional groups attached to an aromatic ring is 1. The predicted octanol–water partition coefficient (Wildman–Crippen LogP) is 2.14. The summed E-state index contributed by atoms with van der Waals surface area (Å²) in [6.07, 6.45) is 3.77. The molecular formula is C30H35F2N13O. The van der Waals surface area contributed by atoms with Crippen LogP contribution in [-0.2, 0) is 0 Å². The Kier molecular flexibility index (Phi) is 12.2. The number of anilines is 3. The maximum absolute atomic E-state index is 13.3. The summed E-state index contributed by atoms with van der Waals surface area (Å²) in [7, 11) is 3.61. The minimum Gasteiger partial charge on any atom is -0.383 e. The van der Waals surface area contributed by atoms with Crippen molar-refractivity contribution in [2.45, 2.75) is 25.2 Å². The molecule has 46 heavy (non-hydrogen) atoms. The van der Waals surface area contributed by atoms with Crippen LogP contribution in [0.25, 0.3) is 11.4 Å². The van der Waals surface area contributed by atoms with Gasteiger partial charge >= 0.3 is 0 Å². The Balaban J connectivity index is 0.000000225. The number of nitriles is 2. The van der Waals surface area contributed by atoms with Gasteiger partial charge in [0.25, 0.3) is 0 Å². The van der Waals surface area contributed by atoms with Crippen LogP contribution in [0.1, 0.15) is 34.7 Å². The summed E-state index contributed by atoms with van der Waals surface area (Å²) in [6, 6.07) is 12.5. The molecule has 7 N–H and O–H groups in total. The highest BCUT2D eigenvalue weighted by Gasteiger charge is 2.26. The van der Waals surface area contributed by atoms with Gasteiger partial charge in [-0.2, -0.15) is 10.5 Å². The molecule has 240 valence electrons. The number of rotatable bonds is 6. The molecule has 0 aromatic carbocycles. The minimum atomic E-state index is -0.874. The van der Waals surface area contributed by atoms with Crippen molar-refractivity contribution in [3.8, 4) is 23.5 Å². The number of allylic oxidation sites excluding steroid dienone is 1. The number of nitrogens with two attached hydrogens (primary N) is 3. The second-order valence-corrected chi connectivity index (χ2v) is 10.4. The number of guanidine groups is 1. The lowest BCUT2D eigenvalue weighted by Crippen LogP contribution is -2.21. The van der Waals surface area contributed by atoms with Gasteiger partial charge in [-0.1, -0.05) is 0 Å². The van der Waals surface area contributed by atoms with Crippen molar-refractivity contribution in [1.82, 2.24) is 24.8 Å². The van der Waals surface area contributed by atoms with E-state index in [9.17, 15) is 24.1 Å². The number of aromatic nitrogens is 4. The Morgan fingerprint density at radius 1 is 0.935 bits per heavy atom. The van der Waals surface area contributed by atoms with Crippen LogP contribution in [0.15, 0.2) is 48.8 Å². The van der Waals surface area contributed by atoms with Crippen molar-refractivity contribution in [3.05, 3.63) is 65.9 Å². The van der Waals surface area contributed by atoms with E-state index in [4.69, 9.17) is 11.1 Å². The molecule has 5 heterocycles. The van der Waals surface area contributed by atoms with Crippen LogP contribution >= 0.6 is 0 Å². The van der Waals surface area contributed by atoms with E-state index in [0.29, 0.717) is 55.2 Å². The maximum atomic E-state index is 13.3. The second kappa shape index (κ2) is 16.2. The fourth-order valence-electron chi connectivity index (χ4n) is 4.55. The SMILES string of the molecule is CN(C)/C=C/C(=O)c1ccc(N2CC[C@H](F)C2)c(C#N)n1.N#Cc1nc(-c2ccnc(N)n2)ccc1N1CC[C@H](F)C1.N=C(N)N. The van der Waals surface area contributed by atoms with E-state index in [-0.39, 0.29) is 41.3 Å². The highest BCUT2D eigenvalue weighted by Crippen LogP contribution is 2.27. The van der Waals surface area contributed by atoms with Crippen LogP contribution in [0.2, 0.25) is 0 Å². The fourth-order valence-corrected chi connectivity index (χ4v) is 4.55. The zero-order chi connectivity index (χ0) is 33.8. The standard InChI is InChI=1S/C15H17FN4O.C14H13FN6.CH5N3/c1-19(2)7-6-15(21)12-3-4-14(13(9-17)18-12)20-8-5-11(16)10-20;15-9-4-6-21(8-9)13-2-1-10(19-12(13)7-16)11-3-5-18-14(17)20-11;2-1(3)4/h3-4,6-7,11H,5,8,10H2,1-2H3;1-3,5,9H,4,6,8H2,(H2,17,18,20);(H5,2,3,4)/b7-6+;;/t11-;9-;/m00./s1. The van der Waals surface area contributed by atoms with Gasteiger partial charge in [0, 0.05) is 58.7 Å². The van der Waals surface area contributed by atoms with Gasteiger partial charge in [0.1, 0.15) is 30.2 Å². The molecule has 2 aliphatic heterocycles. The number of nitrogens with one attached hydrogen (secondary N) is 1. The number of pyridine rings is 2. The fraction of sp³-hybridized carbons (Fsp3) is 0.333. The van der Waals surface area contributed by atoms with Gasteiger partial charge in [0.15, 0.2) is 17.3 Å². The van der Waals surface area contributed by atoms with Crippen LogP contribution in [0.4, 0.5) is 26.1 Å². The summed E-state index contributed by atoms with van der Waals surface area (Å²) in [5, 5.41) is 24.5. The summed E-state index contributed by atoms with van der Waals surface area (Å²) in [5.74, 6) is -0.451. The molecule has 2 atom stereocenters. The molecule has 0 spiro atoms. The number of halogens is 2. The first kappa shape index (κ1) is 34.6. The molecule has 0 radical (unpaired) electrons. The number of alkyl halides is 2. The van der Waals surface area contributed by atoms with Gasteiger partial charge in [-0.25, -0.2) is 28.7 Å². The van der Waals surface area contributed by atoms with Crippen molar-refractivity contribution < 1.29 is 13.6 Å². The van der Waals surface area contributed by atoms with Crippen LogP contribution in [0.3, 0.4) is 0 Å². The van der Waals surface area contributed by atoms with Crippen LogP contribution in [-0.4, -0.2) is 89.2 Å². The quantitative estimate of drug-likeness (QED) is 0.132. The summed E-state index contributed by atoms with van der Waals surface area (Å²) in [6.45, 7) is 1.73. The molecule has 0 amide bonds. The van der Waals surface area contributed by atoms with Crippen LogP contribution in [0, 0.1) is 28.1 Å². The third kappa shape index (κ3) is 9.81. The minimum absolute atomic E-state index is 0.150. The van der Waals surface area contributed by atoms with Crippen molar-refractivity contribution in [2.24, 2.45) is 11.5 Å². The lowest BCUT2D eigenvalue weighted by molar-refractivity contribution is 0.104. The highest BCUT2D eigenvalue weighted by atomic mass is 19.1. The predicted molar refractivity (Wildman–Crippen MR) is 170 cm³/mol. The summed E-state index contributed by atoms with van der Waals surface area (Å²) in [5.41, 5.74) is 17.5. The molecule has 2 fully saturated rings. The van der Waals surface area contributed by atoms with Gasteiger partial charge in [0.05, 0.1) is 22.8 Å². The average molecular weight is 632 g/mol. The van der Waals surface area contributed by atoms with Gasteiger partial charge in [0.2, 0.25) is 11.7 Å². The molecule has 2 saturated heterocycles. The highest BCUT2D eigenvalue weighted by molar-refractivity contribution is 6.03. The Bertz CT molecular complexity index is 1650. The second-order valence-electron chi connectivity index (χ2n) is 10.4. The van der Waals surface area contributed by atoms with Crippen molar-refractivity contribution in [3.63, 3.8) is 0 Å². The summed E-state index contributed by atoms with van der Waals surface area (Å²) < 4.78 is 26.6. The number of hydrogen-bond donors (Lipinski definition) is 4. The molecule has 3 aromatic rings. The number of hydrogen-bond acceptors (Lipinski definition) is 12. The number of ketones is 1. The lowest BCUT2D eigenvalue weighted by atomic mass is 10.2. The van der Waals surface area contributed by atoms with Crippen molar-refractivity contribution >= 4 is 29.1 Å². The Morgan fingerprint density at radius 2 is 1.46 bits per heavy atom. The van der Waals surface area contributed by atoms with Crippen molar-refractivity contribution in [1.29, 1.82) is 15.9 Å². The maximum Gasteiger partial charge on any atom is 0.220 e. The molecule has 3 aromatic heterocycles. The third-order valence-corrected chi connectivity index (χ3v) is 6.62. The molecule has 2 aliphatic rings. The smallest absolute Gasteiger partial charge is 0.220 e. The van der Waals surface area contributed by atoms with Gasteiger partial charge in [-0.15, -0.1) is 0 Å². The molecule has 0 bridgehead atoms. The Morgan fingerprint density at radius 3 is 1.93 bits per heavy atom. The van der Waals surface area contributed by atoms with Gasteiger partial charge in [-0.3, -0.25) is 10.2 Å². The van der Waals surface area contributed by atoms with Gasteiger partial charge in [-0.05, 0) is 43.2 Å². The molecule has 14 nitrogen and oxygen atoms in total. The first-order valence-electron chi connectivity index (χ1n) is 14.1. The Hall–Kier alpha value is -5.90. The molecule has 0 unspecified atom stereocenters. The van der Waals surface area contributed by atoms with E-state index in [1.807, 2.05) is 25.1 Å². The summed E-state index contributed by atoms with van der Waals surface area (Å²) in [4.78, 5) is 33.6. The molecular weight excluding hydrogens is 596 g/mol. The van der Waals surface area contributed by atoms with E-state index in [2.05, 4.69) is 37.5 Å². The zero-order valence-electron chi connectivity index (χ0n) is 25.4. The van der Waals surface area contributed by atoms with Crippen LogP contribution < -0.4 is 27.0 Å². The number of carbonyl (C=O) groups excluding carboxylic acids is 1. The van der Waals surface area contributed by atoms with E-state index in [0.717, 1.165) is 0 Å². The Labute approximate surface area is 265 Å². The molecule has 16 heteroatoms. The normalized spacial score (nSPS) is 16.8. The topological polar surface area (TPSA) is 228 Å². The van der Waals surface area contributed by atoms with E-state index in [1.165, 1.54) is 12.3 Å². The number of nitrogens with zero attached hydrogens (tertiary/aromatic N) is 9. The molecule has 5 rings (SSSR count).